The van der Waals surface area contributed by atoms with Crippen LogP contribution in [0.25, 0.3) is 16.8 Å². The summed E-state index contributed by atoms with van der Waals surface area (Å²) >= 11 is 0. The number of carbonyl (C=O) groups is 2. The third-order valence-corrected chi connectivity index (χ3v) is 10.6. The van der Waals surface area contributed by atoms with Crippen LogP contribution in [0.3, 0.4) is 0 Å². The lowest BCUT2D eigenvalue weighted by atomic mass is 9.89. The van der Waals surface area contributed by atoms with Gasteiger partial charge in [-0.1, -0.05) is 49.6 Å². The minimum atomic E-state index is -0.795. The van der Waals surface area contributed by atoms with Gasteiger partial charge in [0.1, 0.15) is 12.4 Å². The minimum Gasteiger partial charge on any atom is -0.481 e. The van der Waals surface area contributed by atoms with Crippen molar-refractivity contribution in [1.29, 1.82) is 5.26 Å². The Morgan fingerprint density at radius 1 is 1.08 bits per heavy atom. The van der Waals surface area contributed by atoms with Gasteiger partial charge in [-0.05, 0) is 75.7 Å². The molecule has 11 nitrogen and oxygen atoms in total. The summed E-state index contributed by atoms with van der Waals surface area (Å²) in [4.78, 5) is 43.0. The Kier molecular flexibility index (Phi) is 10.4. The molecule has 6 rings (SSSR count). The number of fused-ring (bicyclic) bond motifs is 2. The molecule has 0 radical (unpaired) electrons. The number of piperazine rings is 1. The number of carbonyl (C=O) groups excluding carboxylic acids is 1. The molecule has 3 aliphatic heterocycles. The normalized spacial score (nSPS) is 19.6. The maximum Gasteiger partial charge on any atom is 0.318 e. The van der Waals surface area contributed by atoms with Crippen molar-refractivity contribution >= 4 is 40.2 Å². The summed E-state index contributed by atoms with van der Waals surface area (Å²) in [5, 5.41) is 21.6. The number of aliphatic carboxylic acids is 1. The van der Waals surface area contributed by atoms with E-state index in [1.807, 2.05) is 6.08 Å². The van der Waals surface area contributed by atoms with Crippen molar-refractivity contribution in [2.75, 3.05) is 55.7 Å². The molecule has 1 amide bonds. The molecule has 3 aliphatic rings. The van der Waals surface area contributed by atoms with E-state index in [9.17, 15) is 20.0 Å². The number of aromatic nitrogens is 2. The summed E-state index contributed by atoms with van der Waals surface area (Å²) < 4.78 is 6.43. The van der Waals surface area contributed by atoms with Crippen LogP contribution in [0.4, 0.5) is 11.5 Å². The molecule has 0 bridgehead atoms. The van der Waals surface area contributed by atoms with Crippen LogP contribution in [0.1, 0.15) is 56.4 Å². The number of benzene rings is 2. The predicted octanol–water partition coefficient (Wildman–Crippen LogP) is 5.30. The summed E-state index contributed by atoms with van der Waals surface area (Å²) in [6, 6.07) is 15.1. The molecular formula is C39H47N7O4. The number of amides is 1. The zero-order chi connectivity index (χ0) is 35.4. The number of anilines is 2. The standard InChI is InChI=1S/C39H47N7O4/c1-5-27-10-7-11-28-12-8-14-33(35(27)28)44-20-16-31-32(25-44)41-38(50-26-30-13-9-19-43(30)21-17-39(3,4)37(48)49)42-36(31)45-22-23-46(34(47)6-2)29(24-45)15-18-40/h5-8,10-12,14,29-30H,1-2,9,13,15-17,19-26H2,3-4H3,(H,48,49)/t29-,30-/m0/s1. The minimum absolute atomic E-state index is 0.139. The first-order valence-electron chi connectivity index (χ1n) is 17.6. The van der Waals surface area contributed by atoms with Gasteiger partial charge in [-0.25, -0.2) is 0 Å². The molecule has 1 N–H and O–H groups in total. The number of rotatable bonds is 12. The Morgan fingerprint density at radius 3 is 2.62 bits per heavy atom. The SMILES string of the molecule is C=CC(=O)N1CCN(c2nc(OC[C@@H]3CCCN3CCC(C)(C)C(=O)O)nc3c2CCN(c2cccc4cccc(C=C)c24)C3)C[C@@H]1CC#N. The van der Waals surface area contributed by atoms with Gasteiger partial charge in [-0.2, -0.15) is 15.2 Å². The number of nitrogens with zero attached hydrogens (tertiary/aromatic N) is 7. The Hall–Kier alpha value is -4.95. The topological polar surface area (TPSA) is 126 Å². The fourth-order valence-corrected chi connectivity index (χ4v) is 7.52. The van der Waals surface area contributed by atoms with Gasteiger partial charge in [0, 0.05) is 48.9 Å². The Bertz CT molecular complexity index is 1810. The molecule has 0 unspecified atom stereocenters. The monoisotopic (exact) mass is 677 g/mol. The number of carboxylic acid groups (broad SMARTS) is 1. The van der Waals surface area contributed by atoms with E-state index >= 15 is 0 Å². The Morgan fingerprint density at radius 2 is 1.88 bits per heavy atom. The van der Waals surface area contributed by atoms with Gasteiger partial charge < -0.3 is 24.5 Å². The van der Waals surface area contributed by atoms with Gasteiger partial charge in [-0.3, -0.25) is 14.5 Å². The lowest BCUT2D eigenvalue weighted by Crippen LogP contribution is -2.55. The van der Waals surface area contributed by atoms with Crippen molar-refractivity contribution in [3.05, 3.63) is 72.5 Å². The highest BCUT2D eigenvalue weighted by Gasteiger charge is 2.35. The molecule has 4 heterocycles. The highest BCUT2D eigenvalue weighted by atomic mass is 16.5. The number of likely N-dealkylation sites (tertiary alicyclic amines) is 1. The average molecular weight is 678 g/mol. The smallest absolute Gasteiger partial charge is 0.318 e. The first-order chi connectivity index (χ1) is 24.1. The van der Waals surface area contributed by atoms with E-state index in [2.05, 4.69) is 70.3 Å². The van der Waals surface area contributed by atoms with Crippen molar-refractivity contribution in [2.24, 2.45) is 5.41 Å². The molecule has 2 saturated heterocycles. The molecule has 50 heavy (non-hydrogen) atoms. The molecule has 262 valence electrons. The molecular weight excluding hydrogens is 630 g/mol. The first-order valence-corrected chi connectivity index (χ1v) is 17.6. The summed E-state index contributed by atoms with van der Waals surface area (Å²) in [6.45, 7) is 16.1. The van der Waals surface area contributed by atoms with Crippen LogP contribution in [-0.4, -0.2) is 94.7 Å². The molecule has 2 aromatic carbocycles. The summed E-state index contributed by atoms with van der Waals surface area (Å²) in [6.07, 6.45) is 6.69. The third kappa shape index (κ3) is 7.17. The fraction of sp³-hybridized carbons (Fsp3) is 0.462. The van der Waals surface area contributed by atoms with E-state index in [0.29, 0.717) is 51.8 Å². The van der Waals surface area contributed by atoms with Crippen molar-refractivity contribution in [3.8, 4) is 12.1 Å². The molecule has 0 spiro atoms. The van der Waals surface area contributed by atoms with Crippen molar-refractivity contribution < 1.29 is 19.4 Å². The maximum atomic E-state index is 12.7. The highest BCUT2D eigenvalue weighted by Crippen LogP contribution is 2.36. The van der Waals surface area contributed by atoms with Crippen LogP contribution < -0.4 is 14.5 Å². The van der Waals surface area contributed by atoms with Gasteiger partial charge >= 0.3 is 12.0 Å². The Balaban J connectivity index is 1.30. The number of carboxylic acids is 1. The van der Waals surface area contributed by atoms with Crippen LogP contribution in [0.15, 0.2) is 55.6 Å². The number of hydrogen-bond acceptors (Lipinski definition) is 9. The van der Waals surface area contributed by atoms with Gasteiger partial charge in [-0.15, -0.1) is 0 Å². The van der Waals surface area contributed by atoms with Crippen molar-refractivity contribution in [3.63, 3.8) is 0 Å². The summed E-state index contributed by atoms with van der Waals surface area (Å²) in [7, 11) is 0. The second-order valence-corrected chi connectivity index (χ2v) is 14.1. The van der Waals surface area contributed by atoms with Gasteiger partial charge in [0.05, 0.1) is 36.2 Å². The molecule has 0 saturated carbocycles. The Labute approximate surface area is 294 Å². The lowest BCUT2D eigenvalue weighted by molar-refractivity contribution is -0.147. The first kappa shape index (κ1) is 34.9. The van der Waals surface area contributed by atoms with E-state index in [1.165, 1.54) is 6.08 Å². The number of ether oxygens (including phenoxy) is 1. The number of hydrogen-bond donors (Lipinski definition) is 1. The van der Waals surface area contributed by atoms with Crippen molar-refractivity contribution in [1.82, 2.24) is 19.8 Å². The van der Waals surface area contributed by atoms with Crippen LogP contribution in [0.5, 0.6) is 6.01 Å². The zero-order valence-corrected chi connectivity index (χ0v) is 29.2. The van der Waals surface area contributed by atoms with Crippen LogP contribution >= 0.6 is 0 Å². The number of nitriles is 1. The van der Waals surface area contributed by atoms with Gasteiger partial charge in [0.25, 0.3) is 0 Å². The molecule has 1 aromatic heterocycles. The van der Waals surface area contributed by atoms with E-state index in [1.54, 1.807) is 18.7 Å². The molecule has 0 aliphatic carbocycles. The molecule has 2 fully saturated rings. The van der Waals surface area contributed by atoms with Crippen LogP contribution in [-0.2, 0) is 22.6 Å². The predicted molar refractivity (Wildman–Crippen MR) is 195 cm³/mol. The largest absolute Gasteiger partial charge is 0.481 e. The van der Waals surface area contributed by atoms with E-state index < -0.39 is 11.4 Å². The van der Waals surface area contributed by atoms with E-state index in [-0.39, 0.29) is 24.4 Å². The van der Waals surface area contributed by atoms with E-state index in [0.717, 1.165) is 71.5 Å². The van der Waals surface area contributed by atoms with Crippen molar-refractivity contribution in [2.45, 2.75) is 64.6 Å². The molecule has 3 aromatic rings. The van der Waals surface area contributed by atoms with Gasteiger partial charge in [0.2, 0.25) is 5.91 Å². The average Bonchev–Trinajstić information content (AvgIpc) is 3.59. The third-order valence-electron chi connectivity index (χ3n) is 10.6. The van der Waals surface area contributed by atoms with Gasteiger partial charge in [0.15, 0.2) is 0 Å². The van der Waals surface area contributed by atoms with Crippen LogP contribution in [0.2, 0.25) is 0 Å². The summed E-state index contributed by atoms with van der Waals surface area (Å²) in [5.41, 5.74) is 3.38. The second kappa shape index (κ2) is 14.9. The molecule has 2 atom stereocenters. The fourth-order valence-electron chi connectivity index (χ4n) is 7.52. The highest BCUT2D eigenvalue weighted by molar-refractivity contribution is 6.00. The van der Waals surface area contributed by atoms with E-state index in [4.69, 9.17) is 14.7 Å². The quantitative estimate of drug-likeness (QED) is 0.253. The summed E-state index contributed by atoms with van der Waals surface area (Å²) in [5.74, 6) is -0.157. The maximum absolute atomic E-state index is 12.7. The van der Waals surface area contributed by atoms with Crippen LogP contribution in [0, 0.1) is 16.7 Å². The zero-order valence-electron chi connectivity index (χ0n) is 29.2. The second-order valence-electron chi connectivity index (χ2n) is 14.1. The molecule has 11 heteroatoms. The lowest BCUT2D eigenvalue weighted by Gasteiger charge is -2.42.